The van der Waals surface area contributed by atoms with Crippen LogP contribution in [0.1, 0.15) is 16.2 Å². The minimum Gasteiger partial charge on any atom is -0.438 e. The lowest BCUT2D eigenvalue weighted by molar-refractivity contribution is 0.0995. The van der Waals surface area contributed by atoms with E-state index in [2.05, 4.69) is 10.3 Å². The number of carbonyl (C=O) groups is 1. The van der Waals surface area contributed by atoms with Crippen molar-refractivity contribution < 1.29 is 22.0 Å². The van der Waals surface area contributed by atoms with Gasteiger partial charge in [0.1, 0.15) is 10.7 Å². The summed E-state index contributed by atoms with van der Waals surface area (Å²) in [6.45, 7) is 1.53. The first-order chi connectivity index (χ1) is 9.29. The maximum Gasteiger partial charge on any atom is 0.293 e. The molecule has 0 saturated heterocycles. The maximum absolute atomic E-state index is 13.2. The summed E-state index contributed by atoms with van der Waals surface area (Å²) in [6.07, 6.45) is 1.07. The number of nitrogens with zero attached hydrogens (tertiary/aromatic N) is 1. The fourth-order valence-corrected chi connectivity index (χ4v) is 2.22. The molecule has 0 saturated carbocycles. The number of primary sulfonamides is 1. The Labute approximate surface area is 113 Å². The van der Waals surface area contributed by atoms with E-state index in [1.807, 2.05) is 0 Å². The summed E-state index contributed by atoms with van der Waals surface area (Å²) in [5, 5.41) is 7.22. The summed E-state index contributed by atoms with van der Waals surface area (Å²) in [7, 11) is -4.10. The van der Waals surface area contributed by atoms with Crippen molar-refractivity contribution in [1.29, 1.82) is 0 Å². The van der Waals surface area contributed by atoms with Crippen LogP contribution in [-0.4, -0.2) is 19.3 Å². The molecular formula is C11H10FN3O4S. The number of hydrogen-bond acceptors (Lipinski definition) is 5. The number of amides is 1. The maximum atomic E-state index is 13.2. The van der Waals surface area contributed by atoms with Crippen LogP contribution in [0.15, 0.2) is 33.9 Å². The molecule has 7 nitrogen and oxygen atoms in total. The van der Waals surface area contributed by atoms with Crippen molar-refractivity contribution in [2.75, 3.05) is 5.32 Å². The number of sulfonamides is 1. The fourth-order valence-electron chi connectivity index (χ4n) is 1.55. The Morgan fingerprint density at radius 1 is 1.45 bits per heavy atom. The van der Waals surface area contributed by atoms with Crippen molar-refractivity contribution in [2.24, 2.45) is 5.14 Å². The Morgan fingerprint density at radius 2 is 2.15 bits per heavy atom. The molecule has 0 aliphatic carbocycles. The summed E-state index contributed by atoms with van der Waals surface area (Å²) in [4.78, 5) is 15.2. The number of rotatable bonds is 3. The number of carbonyl (C=O) groups excluding carboxylic acids is 1. The number of hydrogen-bond donors (Lipinski definition) is 2. The average molecular weight is 299 g/mol. The highest BCUT2D eigenvalue weighted by molar-refractivity contribution is 7.89. The highest BCUT2D eigenvalue weighted by Gasteiger charge is 2.20. The molecule has 0 bridgehead atoms. The lowest BCUT2D eigenvalue weighted by Crippen LogP contribution is -2.18. The molecule has 2 rings (SSSR count). The highest BCUT2D eigenvalue weighted by atomic mass is 32.2. The number of anilines is 1. The van der Waals surface area contributed by atoms with Crippen LogP contribution in [0.4, 0.5) is 10.1 Å². The van der Waals surface area contributed by atoms with Crippen LogP contribution in [0, 0.1) is 12.7 Å². The lowest BCUT2D eigenvalue weighted by atomic mass is 10.3. The molecule has 0 spiro atoms. The molecule has 3 N–H and O–H groups in total. The smallest absolute Gasteiger partial charge is 0.293 e. The molecule has 1 aromatic carbocycles. The predicted molar refractivity (Wildman–Crippen MR) is 67.0 cm³/mol. The van der Waals surface area contributed by atoms with Crippen molar-refractivity contribution in [3.05, 3.63) is 41.9 Å². The molecule has 1 amide bonds. The van der Waals surface area contributed by atoms with E-state index in [0.29, 0.717) is 5.69 Å². The Balaban J connectivity index is 2.41. The quantitative estimate of drug-likeness (QED) is 0.878. The summed E-state index contributed by atoms with van der Waals surface area (Å²) in [5.74, 6) is -1.58. The number of benzene rings is 1. The van der Waals surface area contributed by atoms with Crippen molar-refractivity contribution in [2.45, 2.75) is 11.8 Å². The Morgan fingerprint density at radius 3 is 2.70 bits per heavy atom. The molecule has 0 aliphatic rings. The SMILES string of the molecule is Cc1ncoc1C(=O)Nc1cc(F)ccc1S(N)(=O)=O. The average Bonchev–Trinajstić information content (AvgIpc) is 2.73. The predicted octanol–water partition coefficient (Wildman–Crippen LogP) is 1.02. The monoisotopic (exact) mass is 299 g/mol. The second-order valence-electron chi connectivity index (χ2n) is 3.91. The summed E-state index contributed by atoms with van der Waals surface area (Å²) in [5.41, 5.74) is 0.0457. The number of nitrogens with two attached hydrogens (primary N) is 1. The molecule has 0 unspecified atom stereocenters. The molecule has 20 heavy (non-hydrogen) atoms. The van der Waals surface area contributed by atoms with E-state index < -0.39 is 26.6 Å². The van der Waals surface area contributed by atoms with E-state index in [1.54, 1.807) is 0 Å². The Hall–Kier alpha value is -2.26. The van der Waals surface area contributed by atoms with E-state index in [1.165, 1.54) is 6.92 Å². The van der Waals surface area contributed by atoms with E-state index in [4.69, 9.17) is 9.56 Å². The van der Waals surface area contributed by atoms with Crippen molar-refractivity contribution in [3.63, 3.8) is 0 Å². The van der Waals surface area contributed by atoms with Gasteiger partial charge >= 0.3 is 0 Å². The van der Waals surface area contributed by atoms with Gasteiger partial charge < -0.3 is 9.73 Å². The zero-order valence-electron chi connectivity index (χ0n) is 10.3. The van der Waals surface area contributed by atoms with Gasteiger partial charge in [0.05, 0.1) is 11.4 Å². The minimum atomic E-state index is -4.10. The van der Waals surface area contributed by atoms with Gasteiger partial charge in [0.15, 0.2) is 6.39 Å². The van der Waals surface area contributed by atoms with E-state index in [-0.39, 0.29) is 11.4 Å². The molecule has 2 aromatic rings. The third kappa shape index (κ3) is 2.83. The Kier molecular flexibility index (Phi) is 3.55. The topological polar surface area (TPSA) is 115 Å². The standard InChI is InChI=1S/C11H10FN3O4S/c1-6-10(19-5-14-6)11(16)15-8-4-7(12)2-3-9(8)20(13,17)18/h2-5H,1H3,(H,15,16)(H2,13,17,18). The van der Waals surface area contributed by atoms with Crippen molar-refractivity contribution >= 4 is 21.6 Å². The van der Waals surface area contributed by atoms with Gasteiger partial charge in [0.2, 0.25) is 15.8 Å². The van der Waals surface area contributed by atoms with Crippen LogP contribution in [-0.2, 0) is 10.0 Å². The zero-order chi connectivity index (χ0) is 14.9. The van der Waals surface area contributed by atoms with Crippen LogP contribution >= 0.6 is 0 Å². The van der Waals surface area contributed by atoms with Gasteiger partial charge in [-0.3, -0.25) is 4.79 Å². The van der Waals surface area contributed by atoms with Crippen LogP contribution in [0.2, 0.25) is 0 Å². The zero-order valence-corrected chi connectivity index (χ0v) is 11.1. The van der Waals surface area contributed by atoms with E-state index in [9.17, 15) is 17.6 Å². The van der Waals surface area contributed by atoms with Crippen LogP contribution in [0.25, 0.3) is 0 Å². The van der Waals surface area contributed by atoms with Crippen molar-refractivity contribution in [3.8, 4) is 0 Å². The van der Waals surface area contributed by atoms with E-state index >= 15 is 0 Å². The number of aromatic nitrogens is 1. The molecule has 1 heterocycles. The number of halogens is 1. The number of nitrogens with one attached hydrogen (secondary N) is 1. The summed E-state index contributed by atoms with van der Waals surface area (Å²) in [6, 6.07) is 2.74. The molecule has 0 aliphatic heterocycles. The van der Waals surface area contributed by atoms with Crippen molar-refractivity contribution in [1.82, 2.24) is 4.98 Å². The van der Waals surface area contributed by atoms with Gasteiger partial charge in [-0.2, -0.15) is 0 Å². The molecule has 106 valence electrons. The first-order valence-corrected chi connectivity index (χ1v) is 6.87. The number of aryl methyl sites for hydroxylation is 1. The van der Waals surface area contributed by atoms with Gasteiger partial charge in [-0.05, 0) is 25.1 Å². The molecular weight excluding hydrogens is 289 g/mol. The second kappa shape index (κ2) is 5.02. The summed E-state index contributed by atoms with van der Waals surface area (Å²) >= 11 is 0. The molecule has 0 fully saturated rings. The fraction of sp³-hybridized carbons (Fsp3) is 0.0909. The Bertz CT molecular complexity index is 770. The van der Waals surface area contributed by atoms with Gasteiger partial charge in [0, 0.05) is 0 Å². The summed E-state index contributed by atoms with van der Waals surface area (Å²) < 4.78 is 40.8. The molecule has 0 atom stereocenters. The van der Waals surface area contributed by atoms with Gasteiger partial charge in [-0.1, -0.05) is 0 Å². The first-order valence-electron chi connectivity index (χ1n) is 5.33. The first kappa shape index (κ1) is 14.2. The molecule has 9 heteroatoms. The number of oxazole rings is 1. The minimum absolute atomic E-state index is 0.102. The second-order valence-corrected chi connectivity index (χ2v) is 5.44. The lowest BCUT2D eigenvalue weighted by Gasteiger charge is -2.08. The molecule has 0 radical (unpaired) electrons. The third-order valence-corrected chi connectivity index (χ3v) is 3.42. The van der Waals surface area contributed by atoms with Crippen LogP contribution < -0.4 is 10.5 Å². The largest absolute Gasteiger partial charge is 0.438 e. The normalized spacial score (nSPS) is 11.3. The van der Waals surface area contributed by atoms with Gasteiger partial charge in [-0.15, -0.1) is 0 Å². The van der Waals surface area contributed by atoms with Gasteiger partial charge in [-0.25, -0.2) is 22.9 Å². The van der Waals surface area contributed by atoms with Crippen LogP contribution in [0.5, 0.6) is 0 Å². The molecule has 1 aromatic heterocycles. The van der Waals surface area contributed by atoms with Crippen LogP contribution in [0.3, 0.4) is 0 Å². The van der Waals surface area contributed by atoms with E-state index in [0.717, 1.165) is 24.6 Å². The highest BCUT2D eigenvalue weighted by Crippen LogP contribution is 2.22. The third-order valence-electron chi connectivity index (χ3n) is 2.45. The van der Waals surface area contributed by atoms with Gasteiger partial charge in [0.25, 0.3) is 5.91 Å².